The van der Waals surface area contributed by atoms with Crippen LogP contribution in [0.15, 0.2) is 57.5 Å². The molecule has 4 aliphatic rings. The van der Waals surface area contributed by atoms with E-state index in [0.717, 1.165) is 93.5 Å². The third kappa shape index (κ3) is 7.94. The van der Waals surface area contributed by atoms with E-state index in [9.17, 15) is 19.5 Å². The number of aliphatic imine (C=N–C) groups is 1. The highest BCUT2D eigenvalue weighted by atomic mass is 16.3. The van der Waals surface area contributed by atoms with Crippen molar-refractivity contribution in [2.75, 3.05) is 29.9 Å². The van der Waals surface area contributed by atoms with Crippen LogP contribution in [0.2, 0.25) is 0 Å². The Kier molecular flexibility index (Phi) is 11.7. The summed E-state index contributed by atoms with van der Waals surface area (Å²) in [6, 6.07) is 4.38. The molecule has 1 fully saturated rings. The molecule has 264 valence electrons. The zero-order chi connectivity index (χ0) is 35.4. The van der Waals surface area contributed by atoms with Crippen LogP contribution in [0.3, 0.4) is 0 Å². The van der Waals surface area contributed by atoms with Gasteiger partial charge in [0.1, 0.15) is 5.76 Å². The number of amides is 2. The minimum atomic E-state index is -0.296. The number of hydrogen-bond donors (Lipinski definition) is 2. The van der Waals surface area contributed by atoms with Crippen molar-refractivity contribution in [1.29, 1.82) is 0 Å². The molecule has 8 heteroatoms. The van der Waals surface area contributed by atoms with E-state index >= 15 is 0 Å². The van der Waals surface area contributed by atoms with Crippen LogP contribution in [0.4, 0.5) is 11.4 Å². The number of unbranched alkanes of at least 4 members (excludes halogenated alkanes) is 2. The van der Waals surface area contributed by atoms with Crippen molar-refractivity contribution in [3.05, 3.63) is 63.6 Å². The number of nitrogens with one attached hydrogen (secondary N) is 1. The molecule has 5 rings (SSSR count). The quantitative estimate of drug-likeness (QED) is 0.217. The number of carbonyl (C=O) groups excluding carboxylic acids is 3. The first-order chi connectivity index (χ1) is 23.4. The smallest absolute Gasteiger partial charge is 0.246 e. The van der Waals surface area contributed by atoms with Crippen molar-refractivity contribution in [2.45, 2.75) is 119 Å². The first-order valence-corrected chi connectivity index (χ1v) is 18.7. The maximum Gasteiger partial charge on any atom is 0.246 e. The lowest BCUT2D eigenvalue weighted by atomic mass is 9.76. The number of benzene rings is 1. The number of aliphatic hydroxyl groups is 1. The number of ketones is 1. The molecule has 2 aliphatic carbocycles. The number of likely N-dealkylation sites (tertiary alicyclic amines) is 1. The molecule has 2 aliphatic heterocycles. The van der Waals surface area contributed by atoms with E-state index in [4.69, 9.17) is 0 Å². The topological polar surface area (TPSA) is 102 Å². The van der Waals surface area contributed by atoms with E-state index in [0.29, 0.717) is 41.4 Å². The highest BCUT2D eigenvalue weighted by Crippen LogP contribution is 2.46. The van der Waals surface area contributed by atoms with Crippen LogP contribution >= 0.6 is 0 Å². The van der Waals surface area contributed by atoms with Crippen molar-refractivity contribution in [2.24, 2.45) is 16.8 Å². The number of hydrogen-bond acceptors (Lipinski definition) is 6. The second-order valence-electron chi connectivity index (χ2n) is 15.1. The van der Waals surface area contributed by atoms with Crippen molar-refractivity contribution in [3.8, 4) is 0 Å². The van der Waals surface area contributed by atoms with Crippen LogP contribution in [0.1, 0.15) is 117 Å². The zero-order valence-electron chi connectivity index (χ0n) is 30.7. The second kappa shape index (κ2) is 15.7. The summed E-state index contributed by atoms with van der Waals surface area (Å²) < 4.78 is 0. The van der Waals surface area contributed by atoms with Crippen molar-refractivity contribution in [1.82, 2.24) is 4.90 Å². The standard InChI is InChI=1S/C41H56N4O4/c1-8-10-16-44-17-12-13-28-21-30(32(23-34(28)44)42-36(46)19-25(3)4)38-40(48)39(41(38)49)31-22-29-15-14-27(7)45(18-11-9-2)35(29)24-33(31)43-37(47)20-26(5)6/h21-27,48H,8-20H2,1-7H3,(H,43,47)/b38-30+,42-32?. The Morgan fingerprint density at radius 1 is 0.980 bits per heavy atom. The summed E-state index contributed by atoms with van der Waals surface area (Å²) in [6.45, 7) is 17.4. The Balaban J connectivity index is 1.63. The third-order valence-electron chi connectivity index (χ3n) is 10.00. The molecule has 2 amide bonds. The molecule has 0 saturated carbocycles. The number of aryl methyl sites for hydroxylation is 1. The number of nitrogens with zero attached hydrogens (tertiary/aromatic N) is 3. The maximum atomic E-state index is 14.3. The predicted molar refractivity (Wildman–Crippen MR) is 200 cm³/mol. The van der Waals surface area contributed by atoms with Gasteiger partial charge in [0.2, 0.25) is 17.6 Å². The summed E-state index contributed by atoms with van der Waals surface area (Å²) >= 11 is 0. The lowest BCUT2D eigenvalue weighted by Crippen LogP contribution is -2.38. The largest absolute Gasteiger partial charge is 0.506 e. The van der Waals surface area contributed by atoms with Gasteiger partial charge < -0.3 is 20.2 Å². The van der Waals surface area contributed by atoms with Crippen molar-refractivity contribution in [3.63, 3.8) is 0 Å². The lowest BCUT2D eigenvalue weighted by Gasteiger charge is -2.38. The fourth-order valence-electron chi connectivity index (χ4n) is 7.41. The maximum absolute atomic E-state index is 14.3. The first-order valence-electron chi connectivity index (χ1n) is 18.7. The van der Waals surface area contributed by atoms with Crippen molar-refractivity contribution < 1.29 is 19.5 Å². The van der Waals surface area contributed by atoms with Gasteiger partial charge in [0.05, 0.1) is 22.5 Å². The minimum absolute atomic E-state index is 0.109. The number of anilines is 2. The summed E-state index contributed by atoms with van der Waals surface area (Å²) in [6.07, 6.45) is 12.6. The number of carbonyl (C=O) groups is 3. The van der Waals surface area contributed by atoms with Gasteiger partial charge in [-0.1, -0.05) is 54.4 Å². The number of Topliss-reactive ketones (excluding diaryl/α,β-unsaturated/α-hetero) is 1. The summed E-state index contributed by atoms with van der Waals surface area (Å²) in [7, 11) is 0. The van der Waals surface area contributed by atoms with Crippen LogP contribution in [0.5, 0.6) is 0 Å². The first kappa shape index (κ1) is 36.3. The minimum Gasteiger partial charge on any atom is -0.506 e. The molecule has 2 heterocycles. The van der Waals surface area contributed by atoms with Gasteiger partial charge in [-0.05, 0) is 92.7 Å². The molecule has 1 aromatic carbocycles. The fourth-order valence-corrected chi connectivity index (χ4v) is 7.41. The molecule has 1 saturated heterocycles. The Bertz CT molecular complexity index is 1640. The van der Waals surface area contributed by atoms with Gasteiger partial charge >= 0.3 is 0 Å². The van der Waals surface area contributed by atoms with E-state index in [1.807, 2.05) is 52.0 Å². The van der Waals surface area contributed by atoms with E-state index in [1.165, 1.54) is 0 Å². The highest BCUT2D eigenvalue weighted by molar-refractivity contribution is 6.42. The summed E-state index contributed by atoms with van der Waals surface area (Å²) in [4.78, 5) is 49.8. The zero-order valence-corrected chi connectivity index (χ0v) is 30.7. The number of fused-ring (bicyclic) bond motifs is 2. The van der Waals surface area contributed by atoms with Crippen LogP contribution < -0.4 is 10.2 Å². The van der Waals surface area contributed by atoms with Crippen LogP contribution in [-0.4, -0.2) is 59.0 Å². The monoisotopic (exact) mass is 668 g/mol. The average molecular weight is 669 g/mol. The Labute approximate surface area is 293 Å². The molecule has 0 bridgehead atoms. The number of allylic oxidation sites excluding steroid dienone is 6. The highest BCUT2D eigenvalue weighted by Gasteiger charge is 2.41. The Hall–Kier alpha value is -3.94. The summed E-state index contributed by atoms with van der Waals surface area (Å²) in [5.41, 5.74) is 6.78. The molecular formula is C41H56N4O4. The molecule has 0 radical (unpaired) electrons. The van der Waals surface area contributed by atoms with Gasteiger partial charge in [0.15, 0.2) is 0 Å². The number of rotatable bonds is 12. The van der Waals surface area contributed by atoms with E-state index in [-0.39, 0.29) is 46.3 Å². The molecule has 1 atom stereocenters. The van der Waals surface area contributed by atoms with Crippen LogP contribution in [0.25, 0.3) is 5.57 Å². The Morgan fingerprint density at radius 2 is 1.69 bits per heavy atom. The third-order valence-corrected chi connectivity index (χ3v) is 10.00. The molecule has 1 unspecified atom stereocenters. The molecule has 1 aromatic rings. The molecule has 49 heavy (non-hydrogen) atoms. The van der Waals surface area contributed by atoms with Crippen molar-refractivity contribution >= 4 is 40.3 Å². The van der Waals surface area contributed by atoms with Gasteiger partial charge in [-0.3, -0.25) is 14.4 Å². The summed E-state index contributed by atoms with van der Waals surface area (Å²) in [5, 5.41) is 14.9. The van der Waals surface area contributed by atoms with E-state index in [1.54, 1.807) is 0 Å². The van der Waals surface area contributed by atoms with Crippen LogP contribution in [-0.2, 0) is 20.8 Å². The normalized spacial score (nSPS) is 21.5. The number of piperidine rings is 1. The molecule has 0 spiro atoms. The van der Waals surface area contributed by atoms with Gasteiger partial charge in [-0.2, -0.15) is 0 Å². The SMILES string of the molecule is CCCCN1CCCC2=C/C(=C3\C(=O)C(c4cc5c(cc4NC(=O)CC(C)C)N(CCCC)C(C)CC5)=C3O)C(=NC(=O)CC(C)C)C=C21. The fraction of sp³-hybridized carbons (Fsp3) is 0.561. The van der Waals surface area contributed by atoms with Gasteiger partial charge in [0, 0.05) is 61.0 Å². The molecule has 0 aromatic heterocycles. The summed E-state index contributed by atoms with van der Waals surface area (Å²) in [5.74, 6) is -0.455. The second-order valence-corrected chi connectivity index (χ2v) is 15.1. The van der Waals surface area contributed by atoms with Gasteiger partial charge in [-0.15, -0.1) is 0 Å². The van der Waals surface area contributed by atoms with Crippen LogP contribution in [0, 0.1) is 11.8 Å². The number of aliphatic hydroxyl groups excluding tert-OH is 1. The average Bonchev–Trinajstić information content (AvgIpc) is 3.03. The molecular weight excluding hydrogens is 612 g/mol. The van der Waals surface area contributed by atoms with Gasteiger partial charge in [-0.25, -0.2) is 4.99 Å². The Morgan fingerprint density at radius 3 is 2.37 bits per heavy atom. The lowest BCUT2D eigenvalue weighted by molar-refractivity contribution is -0.118. The van der Waals surface area contributed by atoms with E-state index < -0.39 is 0 Å². The molecule has 8 nitrogen and oxygen atoms in total. The molecule has 2 N–H and O–H groups in total. The predicted octanol–water partition coefficient (Wildman–Crippen LogP) is 8.49. The van der Waals surface area contributed by atoms with Gasteiger partial charge in [0.25, 0.3) is 0 Å². The van der Waals surface area contributed by atoms with E-state index in [2.05, 4.69) is 40.9 Å².